The van der Waals surface area contributed by atoms with E-state index >= 15 is 0 Å². The molecule has 18 heavy (non-hydrogen) atoms. The maximum absolute atomic E-state index is 13.5. The molecule has 0 saturated carbocycles. The van der Waals surface area contributed by atoms with Crippen LogP contribution in [0, 0.1) is 5.82 Å². The van der Waals surface area contributed by atoms with E-state index in [9.17, 15) is 9.18 Å². The van der Waals surface area contributed by atoms with E-state index in [4.69, 9.17) is 0 Å². The predicted octanol–water partition coefficient (Wildman–Crippen LogP) is 2.70. The molecule has 2 aromatic heterocycles. The zero-order chi connectivity index (χ0) is 12.5. The Morgan fingerprint density at radius 3 is 2.67 bits per heavy atom. The van der Waals surface area contributed by atoms with Gasteiger partial charge >= 0.3 is 0 Å². The summed E-state index contributed by atoms with van der Waals surface area (Å²) in [4.78, 5) is 16.2. The van der Waals surface area contributed by atoms with Crippen LogP contribution in [0.25, 0.3) is 5.65 Å². The van der Waals surface area contributed by atoms with E-state index in [1.807, 2.05) is 6.07 Å². The lowest BCUT2D eigenvalue weighted by molar-refractivity contribution is 0.103. The van der Waals surface area contributed by atoms with Gasteiger partial charge in [0, 0.05) is 11.8 Å². The summed E-state index contributed by atoms with van der Waals surface area (Å²) < 4.78 is 14.9. The molecular weight excluding hydrogens is 231 g/mol. The van der Waals surface area contributed by atoms with Crippen LogP contribution in [-0.2, 0) is 0 Å². The molecular formula is C14H9FN2O. The molecule has 3 aromatic rings. The molecule has 0 radical (unpaired) electrons. The number of pyridine rings is 1. The Balaban J connectivity index is 2.16. The van der Waals surface area contributed by atoms with Gasteiger partial charge in [-0.3, -0.25) is 9.20 Å². The number of fused-ring (bicyclic) bond motifs is 1. The highest BCUT2D eigenvalue weighted by Crippen LogP contribution is 2.14. The third-order valence-electron chi connectivity index (χ3n) is 2.76. The molecule has 0 aliphatic carbocycles. The maximum Gasteiger partial charge on any atom is 0.211 e. The first-order chi connectivity index (χ1) is 8.77. The Labute approximate surface area is 103 Å². The summed E-state index contributed by atoms with van der Waals surface area (Å²) in [5.41, 5.74) is 1.08. The van der Waals surface area contributed by atoms with Gasteiger partial charge in [-0.2, -0.15) is 0 Å². The normalized spacial score (nSPS) is 10.7. The molecule has 0 fully saturated rings. The molecule has 0 N–H and O–H groups in total. The quantitative estimate of drug-likeness (QED) is 0.645. The lowest BCUT2D eigenvalue weighted by Gasteiger charge is -2.01. The fraction of sp³-hybridized carbons (Fsp3) is 0. The van der Waals surface area contributed by atoms with Gasteiger partial charge in [0.15, 0.2) is 11.5 Å². The Bertz CT molecular complexity index is 719. The first kappa shape index (κ1) is 10.7. The molecule has 0 atom stereocenters. The van der Waals surface area contributed by atoms with Crippen LogP contribution in [0.3, 0.4) is 0 Å². The van der Waals surface area contributed by atoms with Crippen molar-refractivity contribution in [2.24, 2.45) is 0 Å². The average molecular weight is 240 g/mol. The van der Waals surface area contributed by atoms with Gasteiger partial charge in [0.2, 0.25) is 5.78 Å². The molecule has 3 rings (SSSR count). The Hall–Kier alpha value is -2.49. The van der Waals surface area contributed by atoms with Crippen molar-refractivity contribution in [3.63, 3.8) is 0 Å². The van der Waals surface area contributed by atoms with Crippen LogP contribution in [0.5, 0.6) is 0 Å². The lowest BCUT2D eigenvalue weighted by Crippen LogP contribution is -2.05. The second-order valence-electron chi connectivity index (χ2n) is 3.89. The Morgan fingerprint density at radius 2 is 1.89 bits per heavy atom. The van der Waals surface area contributed by atoms with E-state index in [2.05, 4.69) is 4.98 Å². The van der Waals surface area contributed by atoms with Crippen LogP contribution in [0.2, 0.25) is 0 Å². The minimum atomic E-state index is -0.440. The highest BCUT2D eigenvalue weighted by atomic mass is 19.1. The molecule has 0 amide bonds. The van der Waals surface area contributed by atoms with Crippen LogP contribution in [0.1, 0.15) is 16.1 Å². The van der Waals surface area contributed by atoms with Crippen LogP contribution < -0.4 is 0 Å². The van der Waals surface area contributed by atoms with E-state index in [-0.39, 0.29) is 11.4 Å². The smallest absolute Gasteiger partial charge is 0.211 e. The fourth-order valence-corrected chi connectivity index (χ4v) is 1.88. The summed E-state index contributed by atoms with van der Waals surface area (Å²) in [5, 5.41) is 0. The monoisotopic (exact) mass is 240 g/mol. The first-order valence-corrected chi connectivity index (χ1v) is 5.49. The second kappa shape index (κ2) is 4.07. The number of aromatic nitrogens is 2. The van der Waals surface area contributed by atoms with Crippen molar-refractivity contribution in [1.29, 1.82) is 0 Å². The molecule has 2 heterocycles. The van der Waals surface area contributed by atoms with Crippen molar-refractivity contribution in [1.82, 2.24) is 9.38 Å². The second-order valence-corrected chi connectivity index (χ2v) is 3.89. The number of imidazole rings is 1. The number of hydrogen-bond donors (Lipinski definition) is 0. The maximum atomic E-state index is 13.5. The molecule has 3 nitrogen and oxygen atoms in total. The Morgan fingerprint density at radius 1 is 1.11 bits per heavy atom. The number of nitrogens with zero attached hydrogens (tertiary/aromatic N) is 2. The zero-order valence-electron chi connectivity index (χ0n) is 9.38. The summed E-state index contributed by atoms with van der Waals surface area (Å²) in [7, 11) is 0. The molecule has 0 aliphatic rings. The van der Waals surface area contributed by atoms with Crippen molar-refractivity contribution in [3.05, 3.63) is 71.9 Å². The summed E-state index contributed by atoms with van der Waals surface area (Å²) in [5.74, 6) is -0.613. The van der Waals surface area contributed by atoms with Gasteiger partial charge in [-0.15, -0.1) is 0 Å². The minimum absolute atomic E-state index is 0.164. The van der Waals surface area contributed by atoms with E-state index in [1.165, 1.54) is 16.7 Å². The molecule has 88 valence electrons. The van der Waals surface area contributed by atoms with Crippen molar-refractivity contribution < 1.29 is 9.18 Å². The highest BCUT2D eigenvalue weighted by molar-refractivity contribution is 6.08. The van der Waals surface area contributed by atoms with E-state index < -0.39 is 5.82 Å². The number of carbonyl (C=O) groups is 1. The van der Waals surface area contributed by atoms with Gasteiger partial charge in [0.25, 0.3) is 0 Å². The van der Waals surface area contributed by atoms with Crippen LogP contribution in [0.15, 0.2) is 54.9 Å². The number of rotatable bonds is 2. The van der Waals surface area contributed by atoms with E-state index in [0.717, 1.165) is 0 Å². The molecule has 0 unspecified atom stereocenters. The largest absolute Gasteiger partial charge is 0.294 e. The number of halogens is 1. The van der Waals surface area contributed by atoms with Gasteiger partial charge in [-0.1, -0.05) is 30.3 Å². The molecule has 4 heteroatoms. The predicted molar refractivity (Wildman–Crippen MR) is 65.0 cm³/mol. The Kier molecular flexibility index (Phi) is 2.41. The van der Waals surface area contributed by atoms with Gasteiger partial charge in [-0.05, 0) is 12.1 Å². The van der Waals surface area contributed by atoms with Gasteiger partial charge in [-0.25, -0.2) is 9.37 Å². The van der Waals surface area contributed by atoms with Crippen LogP contribution >= 0.6 is 0 Å². The van der Waals surface area contributed by atoms with Gasteiger partial charge in [0.05, 0.1) is 6.20 Å². The van der Waals surface area contributed by atoms with E-state index in [1.54, 1.807) is 36.5 Å². The number of hydrogen-bond acceptors (Lipinski definition) is 2. The molecule has 0 saturated heterocycles. The van der Waals surface area contributed by atoms with Crippen LogP contribution in [0.4, 0.5) is 4.39 Å². The lowest BCUT2D eigenvalue weighted by atomic mass is 10.1. The fourth-order valence-electron chi connectivity index (χ4n) is 1.88. The molecule has 1 aromatic carbocycles. The topological polar surface area (TPSA) is 34.4 Å². The third kappa shape index (κ3) is 1.59. The SMILES string of the molecule is O=C(c1ccccc1)c1cnc2c(F)cccn12. The number of carbonyl (C=O) groups excluding carboxylic acids is 1. The first-order valence-electron chi connectivity index (χ1n) is 5.49. The summed E-state index contributed by atoms with van der Waals surface area (Å²) >= 11 is 0. The molecule has 0 aliphatic heterocycles. The zero-order valence-corrected chi connectivity index (χ0v) is 9.38. The summed E-state index contributed by atoms with van der Waals surface area (Å²) in [6, 6.07) is 11.7. The average Bonchev–Trinajstić information content (AvgIpc) is 2.84. The number of ketones is 1. The van der Waals surface area contributed by atoms with Crippen molar-refractivity contribution in [2.75, 3.05) is 0 Å². The van der Waals surface area contributed by atoms with E-state index in [0.29, 0.717) is 11.3 Å². The van der Waals surface area contributed by atoms with Gasteiger partial charge < -0.3 is 0 Å². The summed E-state index contributed by atoms with van der Waals surface area (Å²) in [6.07, 6.45) is 3.02. The highest BCUT2D eigenvalue weighted by Gasteiger charge is 2.15. The molecule has 0 bridgehead atoms. The van der Waals surface area contributed by atoms with Crippen molar-refractivity contribution in [2.45, 2.75) is 0 Å². The number of benzene rings is 1. The van der Waals surface area contributed by atoms with Gasteiger partial charge in [0.1, 0.15) is 5.69 Å². The van der Waals surface area contributed by atoms with Crippen molar-refractivity contribution in [3.8, 4) is 0 Å². The van der Waals surface area contributed by atoms with Crippen LogP contribution in [-0.4, -0.2) is 15.2 Å². The summed E-state index contributed by atoms with van der Waals surface area (Å²) in [6.45, 7) is 0. The third-order valence-corrected chi connectivity index (χ3v) is 2.76. The minimum Gasteiger partial charge on any atom is -0.294 e. The van der Waals surface area contributed by atoms with Crippen molar-refractivity contribution >= 4 is 11.4 Å². The standard InChI is InChI=1S/C14H9FN2O/c15-11-7-4-8-17-12(9-16-14(11)17)13(18)10-5-2-1-3-6-10/h1-9H. The molecule has 0 spiro atoms.